The SMILES string of the molecule is COc1ccccc1OCCN1C(=O)C(O)(CC(=O)c2ccc(Br)s2)c2ccccc21. The van der Waals surface area contributed by atoms with Gasteiger partial charge in [0, 0.05) is 5.56 Å². The first kappa shape index (κ1) is 21.5. The number of carbonyl (C=O) groups is 2. The largest absolute Gasteiger partial charge is 0.493 e. The highest BCUT2D eigenvalue weighted by Crippen LogP contribution is 2.43. The van der Waals surface area contributed by atoms with Gasteiger partial charge in [-0.15, -0.1) is 11.3 Å². The topological polar surface area (TPSA) is 76.1 Å². The number of halogens is 1. The molecule has 0 radical (unpaired) electrons. The second kappa shape index (κ2) is 8.82. The Morgan fingerprint density at radius 3 is 2.52 bits per heavy atom. The predicted octanol–water partition coefficient (Wildman–Crippen LogP) is 4.41. The zero-order valence-corrected chi connectivity index (χ0v) is 19.1. The molecule has 160 valence electrons. The Hall–Kier alpha value is -2.68. The Morgan fingerprint density at radius 1 is 1.10 bits per heavy atom. The third-order valence-electron chi connectivity index (χ3n) is 5.15. The van der Waals surface area contributed by atoms with Crippen LogP contribution in [0.4, 0.5) is 5.69 Å². The third kappa shape index (κ3) is 4.11. The maximum atomic E-state index is 13.3. The van der Waals surface area contributed by atoms with Crippen molar-refractivity contribution in [3.05, 3.63) is 74.9 Å². The first-order valence-electron chi connectivity index (χ1n) is 9.62. The van der Waals surface area contributed by atoms with Gasteiger partial charge in [0.15, 0.2) is 22.9 Å². The number of benzene rings is 2. The summed E-state index contributed by atoms with van der Waals surface area (Å²) in [6.45, 7) is 0.414. The second-order valence-corrected chi connectivity index (χ2v) is 9.50. The van der Waals surface area contributed by atoms with E-state index in [-0.39, 0.29) is 25.4 Å². The molecule has 1 aliphatic rings. The van der Waals surface area contributed by atoms with Crippen LogP contribution in [0.15, 0.2) is 64.5 Å². The summed E-state index contributed by atoms with van der Waals surface area (Å²) in [7, 11) is 1.56. The molecule has 1 N–H and O–H groups in total. The molecule has 1 aliphatic heterocycles. The summed E-state index contributed by atoms with van der Waals surface area (Å²) >= 11 is 4.61. The summed E-state index contributed by atoms with van der Waals surface area (Å²) in [5, 5.41) is 11.3. The van der Waals surface area contributed by atoms with E-state index in [1.807, 2.05) is 12.1 Å². The monoisotopic (exact) mass is 501 g/mol. The highest BCUT2D eigenvalue weighted by molar-refractivity contribution is 9.11. The summed E-state index contributed by atoms with van der Waals surface area (Å²) in [4.78, 5) is 28.0. The van der Waals surface area contributed by atoms with Gasteiger partial charge in [-0.05, 0) is 46.3 Å². The van der Waals surface area contributed by atoms with E-state index in [9.17, 15) is 14.7 Å². The number of para-hydroxylation sites is 3. The van der Waals surface area contributed by atoms with Crippen LogP contribution in [-0.2, 0) is 10.4 Å². The van der Waals surface area contributed by atoms with Crippen molar-refractivity contribution in [2.75, 3.05) is 25.2 Å². The number of Topliss-reactive ketones (excluding diaryl/α,β-unsaturated/α-hetero) is 1. The van der Waals surface area contributed by atoms with Gasteiger partial charge in [0.2, 0.25) is 0 Å². The smallest absolute Gasteiger partial charge is 0.264 e. The van der Waals surface area contributed by atoms with Crippen LogP contribution in [0.25, 0.3) is 0 Å². The number of anilines is 1. The van der Waals surface area contributed by atoms with Crippen molar-refractivity contribution >= 4 is 44.6 Å². The van der Waals surface area contributed by atoms with Gasteiger partial charge in [-0.2, -0.15) is 0 Å². The summed E-state index contributed by atoms with van der Waals surface area (Å²) in [6.07, 6.45) is -0.320. The van der Waals surface area contributed by atoms with Crippen LogP contribution in [0.5, 0.6) is 11.5 Å². The number of methoxy groups -OCH3 is 1. The molecule has 0 aliphatic carbocycles. The van der Waals surface area contributed by atoms with Crippen LogP contribution in [0, 0.1) is 0 Å². The number of ether oxygens (including phenoxy) is 2. The molecule has 1 aromatic heterocycles. The fourth-order valence-electron chi connectivity index (χ4n) is 3.67. The molecular formula is C23H20BrNO5S. The molecule has 2 heterocycles. The molecule has 8 heteroatoms. The fraction of sp³-hybridized carbons (Fsp3) is 0.217. The lowest BCUT2D eigenvalue weighted by Gasteiger charge is -2.22. The van der Waals surface area contributed by atoms with Crippen molar-refractivity contribution in [3.63, 3.8) is 0 Å². The van der Waals surface area contributed by atoms with Gasteiger partial charge in [-0.3, -0.25) is 9.59 Å². The Kier molecular flexibility index (Phi) is 6.13. The van der Waals surface area contributed by atoms with Gasteiger partial charge >= 0.3 is 0 Å². The fourth-order valence-corrected chi connectivity index (χ4v) is 4.99. The lowest BCUT2D eigenvalue weighted by molar-refractivity contribution is -0.135. The Labute approximate surface area is 192 Å². The quantitative estimate of drug-likeness (QED) is 0.462. The van der Waals surface area contributed by atoms with E-state index in [0.717, 1.165) is 3.79 Å². The average molecular weight is 502 g/mol. The maximum Gasteiger partial charge on any atom is 0.264 e. The summed E-state index contributed by atoms with van der Waals surface area (Å²) < 4.78 is 11.9. The number of amides is 1. The van der Waals surface area contributed by atoms with Crippen molar-refractivity contribution in [1.82, 2.24) is 0 Å². The van der Waals surface area contributed by atoms with Crippen molar-refractivity contribution < 1.29 is 24.2 Å². The van der Waals surface area contributed by atoms with Gasteiger partial charge in [0.25, 0.3) is 5.91 Å². The first-order chi connectivity index (χ1) is 14.9. The lowest BCUT2D eigenvalue weighted by Crippen LogP contribution is -2.43. The Balaban J connectivity index is 1.53. The van der Waals surface area contributed by atoms with Crippen molar-refractivity contribution in [2.24, 2.45) is 0 Å². The van der Waals surface area contributed by atoms with Crippen LogP contribution in [-0.4, -0.2) is 37.1 Å². The van der Waals surface area contributed by atoms with Crippen molar-refractivity contribution in [1.29, 1.82) is 0 Å². The number of aliphatic hydroxyl groups is 1. The highest BCUT2D eigenvalue weighted by Gasteiger charge is 2.50. The van der Waals surface area contributed by atoms with Crippen LogP contribution in [0.2, 0.25) is 0 Å². The first-order valence-corrected chi connectivity index (χ1v) is 11.2. The number of hydrogen-bond donors (Lipinski definition) is 1. The second-order valence-electron chi connectivity index (χ2n) is 7.04. The number of hydrogen-bond acceptors (Lipinski definition) is 6. The molecule has 6 nitrogen and oxygen atoms in total. The Bertz CT molecular complexity index is 1130. The van der Waals surface area contributed by atoms with Gasteiger partial charge in [0.05, 0.1) is 34.4 Å². The molecule has 3 aromatic rings. The highest BCUT2D eigenvalue weighted by atomic mass is 79.9. The van der Waals surface area contributed by atoms with Crippen molar-refractivity contribution in [3.8, 4) is 11.5 Å². The summed E-state index contributed by atoms with van der Waals surface area (Å²) in [5.41, 5.74) is -0.894. The minimum atomic E-state index is -1.91. The van der Waals surface area contributed by atoms with E-state index in [4.69, 9.17) is 9.47 Å². The standard InChI is InChI=1S/C23H20BrNO5S/c1-29-18-8-4-5-9-19(18)30-13-12-25-16-7-3-2-6-15(16)23(28,22(25)27)14-17(26)20-10-11-21(24)31-20/h2-11,28H,12-14H2,1H3. The number of nitrogens with zero attached hydrogens (tertiary/aromatic N) is 1. The number of fused-ring (bicyclic) bond motifs is 1. The summed E-state index contributed by atoms with van der Waals surface area (Å²) in [6, 6.07) is 17.7. The van der Waals surface area contributed by atoms with E-state index < -0.39 is 11.5 Å². The predicted molar refractivity (Wildman–Crippen MR) is 122 cm³/mol. The van der Waals surface area contributed by atoms with Gasteiger partial charge in [-0.1, -0.05) is 30.3 Å². The zero-order valence-electron chi connectivity index (χ0n) is 16.7. The molecule has 0 spiro atoms. The summed E-state index contributed by atoms with van der Waals surface area (Å²) in [5.74, 6) is 0.355. The number of thiophene rings is 1. The average Bonchev–Trinajstić information content (AvgIpc) is 3.30. The maximum absolute atomic E-state index is 13.3. The number of ketones is 1. The molecule has 0 bridgehead atoms. The molecule has 0 saturated carbocycles. The number of rotatable bonds is 8. The van der Waals surface area contributed by atoms with Crippen LogP contribution >= 0.6 is 27.3 Å². The minimum absolute atomic E-state index is 0.197. The van der Waals surface area contributed by atoms with E-state index >= 15 is 0 Å². The van der Waals surface area contributed by atoms with Crippen molar-refractivity contribution in [2.45, 2.75) is 12.0 Å². The molecular weight excluding hydrogens is 482 g/mol. The molecule has 31 heavy (non-hydrogen) atoms. The number of carbonyl (C=O) groups excluding carboxylic acids is 2. The van der Waals surface area contributed by atoms with Crippen LogP contribution in [0.1, 0.15) is 21.7 Å². The normalized spacial score (nSPS) is 17.5. The third-order valence-corrected chi connectivity index (χ3v) is 6.81. The Morgan fingerprint density at radius 2 is 1.81 bits per heavy atom. The molecule has 1 unspecified atom stereocenters. The molecule has 4 rings (SSSR count). The zero-order chi connectivity index (χ0) is 22.0. The van der Waals surface area contributed by atoms with E-state index in [1.165, 1.54) is 16.2 Å². The van der Waals surface area contributed by atoms with Crippen LogP contribution in [0.3, 0.4) is 0 Å². The molecule has 0 fully saturated rings. The molecule has 2 aromatic carbocycles. The van der Waals surface area contributed by atoms with Gasteiger partial charge < -0.3 is 19.5 Å². The van der Waals surface area contributed by atoms with E-state index in [1.54, 1.807) is 55.6 Å². The van der Waals surface area contributed by atoms with Crippen LogP contribution < -0.4 is 14.4 Å². The van der Waals surface area contributed by atoms with E-state index in [0.29, 0.717) is 27.6 Å². The van der Waals surface area contributed by atoms with Gasteiger partial charge in [-0.25, -0.2) is 0 Å². The molecule has 1 atom stereocenters. The molecule has 0 saturated heterocycles. The molecule has 1 amide bonds. The van der Waals surface area contributed by atoms with Gasteiger partial charge in [0.1, 0.15) is 6.61 Å². The van der Waals surface area contributed by atoms with E-state index in [2.05, 4.69) is 15.9 Å². The minimum Gasteiger partial charge on any atom is -0.493 e. The lowest BCUT2D eigenvalue weighted by atomic mass is 9.89.